The van der Waals surface area contributed by atoms with Crippen LogP contribution in [0.1, 0.15) is 11.3 Å². The Balaban J connectivity index is 1.72. The lowest BCUT2D eigenvalue weighted by atomic mass is 10.1. The minimum Gasteiger partial charge on any atom is -0.460 e. The molecule has 0 saturated carbocycles. The Bertz CT molecular complexity index is 519. The fourth-order valence-corrected chi connectivity index (χ4v) is 1.95. The van der Waals surface area contributed by atoms with Crippen molar-refractivity contribution >= 4 is 0 Å². The average Bonchev–Trinajstić information content (AvgIpc) is 2.96. The van der Waals surface area contributed by atoms with Crippen molar-refractivity contribution in [2.75, 3.05) is 33.5 Å². The van der Waals surface area contributed by atoms with Crippen LogP contribution in [-0.2, 0) is 16.0 Å². The highest BCUT2D eigenvalue weighted by molar-refractivity contribution is 5.57. The van der Waals surface area contributed by atoms with Crippen molar-refractivity contribution in [2.45, 2.75) is 13.5 Å². The van der Waals surface area contributed by atoms with E-state index in [1.165, 1.54) is 5.56 Å². The fraction of sp³-hybridized carbons (Fsp3) is 0.412. The van der Waals surface area contributed by atoms with E-state index in [1.54, 1.807) is 7.11 Å². The number of nitrogens with one attached hydrogen (secondary N) is 1. The summed E-state index contributed by atoms with van der Waals surface area (Å²) in [6.07, 6.45) is 0. The molecule has 4 heteroatoms. The Morgan fingerprint density at radius 1 is 1.00 bits per heavy atom. The van der Waals surface area contributed by atoms with Gasteiger partial charge in [0.2, 0.25) is 0 Å². The van der Waals surface area contributed by atoms with E-state index in [-0.39, 0.29) is 0 Å². The minimum absolute atomic E-state index is 0.635. The third-order valence-electron chi connectivity index (χ3n) is 3.15. The molecular formula is C17H23NO3. The van der Waals surface area contributed by atoms with Gasteiger partial charge in [-0.15, -0.1) is 0 Å². The molecule has 0 aliphatic heterocycles. The zero-order valence-electron chi connectivity index (χ0n) is 12.7. The van der Waals surface area contributed by atoms with Gasteiger partial charge in [0.05, 0.1) is 26.4 Å². The standard InChI is InChI=1S/C17H23NO3/c1-14-3-5-15(6-4-14)17-8-7-16(21-17)13-18-9-10-20-12-11-19-2/h3-8,18H,9-13H2,1-2H3. The lowest BCUT2D eigenvalue weighted by Crippen LogP contribution is -2.19. The van der Waals surface area contributed by atoms with E-state index in [1.807, 2.05) is 12.1 Å². The molecule has 0 fully saturated rings. The van der Waals surface area contributed by atoms with Gasteiger partial charge in [-0.3, -0.25) is 0 Å². The Labute approximate surface area is 126 Å². The van der Waals surface area contributed by atoms with Crippen LogP contribution in [0.3, 0.4) is 0 Å². The molecule has 0 spiro atoms. The molecule has 114 valence electrons. The van der Waals surface area contributed by atoms with E-state index >= 15 is 0 Å². The van der Waals surface area contributed by atoms with Gasteiger partial charge in [0.15, 0.2) is 0 Å². The lowest BCUT2D eigenvalue weighted by molar-refractivity contribution is 0.0717. The molecule has 0 unspecified atom stereocenters. The summed E-state index contributed by atoms with van der Waals surface area (Å²) in [7, 11) is 1.67. The second-order valence-electron chi connectivity index (χ2n) is 4.91. The quantitative estimate of drug-likeness (QED) is 0.721. The van der Waals surface area contributed by atoms with Crippen molar-refractivity contribution in [3.63, 3.8) is 0 Å². The molecule has 0 aliphatic rings. The van der Waals surface area contributed by atoms with Gasteiger partial charge in [-0.1, -0.05) is 29.8 Å². The van der Waals surface area contributed by atoms with E-state index in [0.717, 1.165) is 23.6 Å². The van der Waals surface area contributed by atoms with Crippen LogP contribution in [0.2, 0.25) is 0 Å². The first-order valence-electron chi connectivity index (χ1n) is 7.23. The van der Waals surface area contributed by atoms with Gasteiger partial charge in [-0.25, -0.2) is 0 Å². The van der Waals surface area contributed by atoms with Crippen molar-refractivity contribution in [2.24, 2.45) is 0 Å². The van der Waals surface area contributed by atoms with Gasteiger partial charge in [0, 0.05) is 19.2 Å². The first kappa shape index (κ1) is 15.8. The molecule has 0 saturated heterocycles. The second kappa shape index (κ2) is 8.62. The molecule has 0 bridgehead atoms. The highest BCUT2D eigenvalue weighted by Gasteiger charge is 2.04. The number of rotatable bonds is 9. The van der Waals surface area contributed by atoms with Crippen LogP contribution < -0.4 is 5.32 Å². The van der Waals surface area contributed by atoms with E-state index in [2.05, 4.69) is 36.5 Å². The van der Waals surface area contributed by atoms with Gasteiger partial charge >= 0.3 is 0 Å². The Morgan fingerprint density at radius 3 is 2.57 bits per heavy atom. The molecule has 1 aromatic carbocycles. The molecular weight excluding hydrogens is 266 g/mol. The predicted molar refractivity (Wildman–Crippen MR) is 83.3 cm³/mol. The van der Waals surface area contributed by atoms with Crippen LogP contribution in [0.4, 0.5) is 0 Å². The molecule has 4 nitrogen and oxygen atoms in total. The summed E-state index contributed by atoms with van der Waals surface area (Å²) in [5.74, 6) is 1.84. The van der Waals surface area contributed by atoms with E-state index in [4.69, 9.17) is 13.9 Å². The second-order valence-corrected chi connectivity index (χ2v) is 4.91. The fourth-order valence-electron chi connectivity index (χ4n) is 1.95. The van der Waals surface area contributed by atoms with Gasteiger partial charge in [-0.2, -0.15) is 0 Å². The maximum atomic E-state index is 5.83. The summed E-state index contributed by atoms with van der Waals surface area (Å²) in [4.78, 5) is 0. The summed E-state index contributed by atoms with van der Waals surface area (Å²) >= 11 is 0. The lowest BCUT2D eigenvalue weighted by Gasteiger charge is -2.04. The molecule has 0 aliphatic carbocycles. The molecule has 1 N–H and O–H groups in total. The summed E-state index contributed by atoms with van der Waals surface area (Å²) in [5.41, 5.74) is 2.36. The summed E-state index contributed by atoms with van der Waals surface area (Å²) in [5, 5.41) is 3.29. The number of furan rings is 1. The highest BCUT2D eigenvalue weighted by atomic mass is 16.5. The number of benzene rings is 1. The van der Waals surface area contributed by atoms with E-state index in [9.17, 15) is 0 Å². The highest BCUT2D eigenvalue weighted by Crippen LogP contribution is 2.22. The van der Waals surface area contributed by atoms with Crippen molar-refractivity contribution < 1.29 is 13.9 Å². The number of aryl methyl sites for hydroxylation is 1. The minimum atomic E-state index is 0.635. The third-order valence-corrected chi connectivity index (χ3v) is 3.15. The normalized spacial score (nSPS) is 11.0. The maximum absolute atomic E-state index is 5.83. The zero-order chi connectivity index (χ0) is 14.9. The smallest absolute Gasteiger partial charge is 0.134 e. The zero-order valence-corrected chi connectivity index (χ0v) is 12.7. The molecule has 2 aromatic rings. The number of ether oxygens (including phenoxy) is 2. The average molecular weight is 289 g/mol. The van der Waals surface area contributed by atoms with Crippen molar-refractivity contribution in [3.8, 4) is 11.3 Å². The van der Waals surface area contributed by atoms with Gasteiger partial charge in [0.25, 0.3) is 0 Å². The van der Waals surface area contributed by atoms with Crippen LogP contribution in [0.25, 0.3) is 11.3 Å². The van der Waals surface area contributed by atoms with Crippen molar-refractivity contribution in [1.29, 1.82) is 0 Å². The van der Waals surface area contributed by atoms with Crippen molar-refractivity contribution in [3.05, 3.63) is 47.7 Å². The summed E-state index contributed by atoms with van der Waals surface area (Å²) in [6.45, 7) is 5.53. The predicted octanol–water partition coefficient (Wildman–Crippen LogP) is 3.01. The van der Waals surface area contributed by atoms with Crippen LogP contribution in [0.15, 0.2) is 40.8 Å². The number of hydrogen-bond donors (Lipinski definition) is 1. The topological polar surface area (TPSA) is 43.6 Å². The van der Waals surface area contributed by atoms with E-state index in [0.29, 0.717) is 26.4 Å². The maximum Gasteiger partial charge on any atom is 0.134 e. The molecule has 21 heavy (non-hydrogen) atoms. The largest absolute Gasteiger partial charge is 0.460 e. The molecule has 0 radical (unpaired) electrons. The van der Waals surface area contributed by atoms with Crippen molar-refractivity contribution in [1.82, 2.24) is 5.32 Å². The van der Waals surface area contributed by atoms with Gasteiger partial charge in [-0.05, 0) is 19.1 Å². The van der Waals surface area contributed by atoms with E-state index < -0.39 is 0 Å². The third kappa shape index (κ3) is 5.34. The Hall–Kier alpha value is -1.62. The summed E-state index contributed by atoms with van der Waals surface area (Å²) < 4.78 is 16.1. The molecule has 2 rings (SSSR count). The Morgan fingerprint density at radius 2 is 1.81 bits per heavy atom. The first-order chi connectivity index (χ1) is 10.3. The molecule has 0 atom stereocenters. The first-order valence-corrected chi connectivity index (χ1v) is 7.23. The molecule has 1 heterocycles. The number of methoxy groups -OCH3 is 1. The summed E-state index contributed by atoms with van der Waals surface area (Å²) in [6, 6.07) is 12.4. The monoisotopic (exact) mass is 289 g/mol. The Kier molecular flexibility index (Phi) is 6.47. The van der Waals surface area contributed by atoms with Crippen LogP contribution in [-0.4, -0.2) is 33.5 Å². The number of hydrogen-bond acceptors (Lipinski definition) is 4. The van der Waals surface area contributed by atoms with Gasteiger partial charge < -0.3 is 19.2 Å². The molecule has 1 aromatic heterocycles. The van der Waals surface area contributed by atoms with Crippen LogP contribution in [0, 0.1) is 6.92 Å². The van der Waals surface area contributed by atoms with Gasteiger partial charge in [0.1, 0.15) is 11.5 Å². The SMILES string of the molecule is COCCOCCNCc1ccc(-c2ccc(C)cc2)o1. The molecule has 0 amide bonds. The van der Waals surface area contributed by atoms with Crippen LogP contribution >= 0.6 is 0 Å². The van der Waals surface area contributed by atoms with Crippen LogP contribution in [0.5, 0.6) is 0 Å².